The predicted molar refractivity (Wildman–Crippen MR) is 60.7 cm³/mol. The summed E-state index contributed by atoms with van der Waals surface area (Å²) in [6, 6.07) is 0. The van der Waals surface area contributed by atoms with Crippen LogP contribution in [0.3, 0.4) is 0 Å². The number of imidazole rings is 1. The molecule has 0 bridgehead atoms. The molecular weight excluding hydrogens is 206 g/mol. The number of hydrogen-bond acceptors (Lipinski definition) is 5. The largest absolute Gasteiger partial charge is 0.396 e. The Morgan fingerprint density at radius 2 is 2.38 bits per heavy atom. The van der Waals surface area contributed by atoms with Crippen molar-refractivity contribution in [1.82, 2.24) is 19.9 Å². The highest BCUT2D eigenvalue weighted by Gasteiger charge is 2.03. The lowest BCUT2D eigenvalue weighted by Gasteiger charge is -2.02. The molecule has 0 aliphatic heterocycles. The molecule has 0 amide bonds. The van der Waals surface area contributed by atoms with Crippen LogP contribution in [0.1, 0.15) is 6.92 Å². The monoisotopic (exact) mass is 219 g/mol. The Bertz CT molecular complexity index is 493. The van der Waals surface area contributed by atoms with Crippen molar-refractivity contribution in [2.24, 2.45) is 5.92 Å². The average molecular weight is 219 g/mol. The molecule has 0 aliphatic rings. The Balaban J connectivity index is 2.15. The van der Waals surface area contributed by atoms with Gasteiger partial charge in [-0.3, -0.25) is 0 Å². The normalized spacial score (nSPS) is 13.4. The molecule has 2 heterocycles. The molecule has 2 aromatic rings. The summed E-state index contributed by atoms with van der Waals surface area (Å²) in [6.07, 6.45) is 6.65. The van der Waals surface area contributed by atoms with E-state index in [1.54, 1.807) is 12.5 Å². The van der Waals surface area contributed by atoms with Crippen LogP contribution in [0.25, 0.3) is 11.2 Å². The summed E-state index contributed by atoms with van der Waals surface area (Å²) < 4.78 is 0. The lowest BCUT2D eigenvalue weighted by molar-refractivity contribution is 0.262. The number of anilines is 1. The first-order valence-corrected chi connectivity index (χ1v) is 4.99. The lowest BCUT2D eigenvalue weighted by atomic mass is 10.2. The van der Waals surface area contributed by atoms with E-state index in [9.17, 15) is 0 Å². The molecule has 0 saturated carbocycles. The number of aromatic nitrogens is 4. The minimum absolute atomic E-state index is 0.117. The molecule has 0 fully saturated rings. The van der Waals surface area contributed by atoms with Gasteiger partial charge in [0, 0.05) is 6.61 Å². The molecule has 0 radical (unpaired) electrons. The van der Waals surface area contributed by atoms with Crippen LogP contribution in [-0.4, -0.2) is 31.6 Å². The predicted octanol–water partition coefficient (Wildman–Crippen LogP) is 0.907. The standard InChI is InChI=1S/C10H13N5O/c1-7(4-16)2-3-11-9-8-10(13-5-12-8)15-6-14-9/h2-3,5-7,16H,4H2,1H3,(H2,11,12,13,14,15). The van der Waals surface area contributed by atoms with Gasteiger partial charge in [0.05, 0.1) is 6.33 Å². The number of H-pyrrole nitrogens is 1. The molecule has 6 nitrogen and oxygen atoms in total. The minimum atomic E-state index is 0.117. The van der Waals surface area contributed by atoms with E-state index in [0.29, 0.717) is 11.5 Å². The molecule has 3 N–H and O–H groups in total. The summed E-state index contributed by atoms with van der Waals surface area (Å²) >= 11 is 0. The van der Waals surface area contributed by atoms with Gasteiger partial charge in [0.2, 0.25) is 0 Å². The van der Waals surface area contributed by atoms with Gasteiger partial charge in [-0.25, -0.2) is 15.0 Å². The van der Waals surface area contributed by atoms with Crippen molar-refractivity contribution in [3.8, 4) is 0 Å². The number of hydrogen-bond donors (Lipinski definition) is 3. The van der Waals surface area contributed by atoms with Crippen molar-refractivity contribution in [3.63, 3.8) is 0 Å². The molecule has 0 saturated heterocycles. The SMILES string of the molecule is CC(C=CNc1ncnc2nc[nH]c12)CO. The van der Waals surface area contributed by atoms with Crippen molar-refractivity contribution in [2.45, 2.75) is 6.92 Å². The van der Waals surface area contributed by atoms with Gasteiger partial charge in [-0.15, -0.1) is 0 Å². The number of nitrogens with zero attached hydrogens (tertiary/aromatic N) is 3. The van der Waals surface area contributed by atoms with Gasteiger partial charge in [0.15, 0.2) is 11.5 Å². The first kappa shape index (κ1) is 10.6. The first-order valence-electron chi connectivity index (χ1n) is 4.99. The van der Waals surface area contributed by atoms with Gasteiger partial charge in [0.1, 0.15) is 11.8 Å². The van der Waals surface area contributed by atoms with Crippen molar-refractivity contribution in [2.75, 3.05) is 11.9 Å². The smallest absolute Gasteiger partial charge is 0.182 e. The van der Waals surface area contributed by atoms with Crippen molar-refractivity contribution >= 4 is 17.0 Å². The topological polar surface area (TPSA) is 86.7 Å². The number of nitrogens with one attached hydrogen (secondary N) is 2. The molecular formula is C10H13N5O. The maximum Gasteiger partial charge on any atom is 0.182 e. The lowest BCUT2D eigenvalue weighted by Crippen LogP contribution is -1.98. The van der Waals surface area contributed by atoms with E-state index in [1.165, 1.54) is 6.33 Å². The molecule has 2 aromatic heterocycles. The van der Waals surface area contributed by atoms with Gasteiger partial charge in [0.25, 0.3) is 0 Å². The molecule has 1 unspecified atom stereocenters. The minimum Gasteiger partial charge on any atom is -0.396 e. The van der Waals surface area contributed by atoms with Crippen LogP contribution in [0.4, 0.5) is 5.82 Å². The van der Waals surface area contributed by atoms with Crippen LogP contribution in [0.15, 0.2) is 24.9 Å². The van der Waals surface area contributed by atoms with Gasteiger partial charge in [-0.1, -0.05) is 13.0 Å². The molecule has 1 atom stereocenters. The average Bonchev–Trinajstić information content (AvgIpc) is 2.77. The van der Waals surface area contributed by atoms with Gasteiger partial charge >= 0.3 is 0 Å². The fraction of sp³-hybridized carbons (Fsp3) is 0.300. The zero-order valence-corrected chi connectivity index (χ0v) is 8.88. The molecule has 16 heavy (non-hydrogen) atoms. The summed E-state index contributed by atoms with van der Waals surface area (Å²) in [6.45, 7) is 2.05. The van der Waals surface area contributed by atoms with E-state index in [-0.39, 0.29) is 12.5 Å². The van der Waals surface area contributed by atoms with Gasteiger partial charge in [-0.05, 0) is 12.1 Å². The van der Waals surface area contributed by atoms with Crippen molar-refractivity contribution in [3.05, 3.63) is 24.9 Å². The van der Waals surface area contributed by atoms with E-state index >= 15 is 0 Å². The fourth-order valence-electron chi connectivity index (χ4n) is 1.23. The first-order chi connectivity index (χ1) is 7.81. The summed E-state index contributed by atoms with van der Waals surface area (Å²) in [5.41, 5.74) is 1.39. The molecule has 0 aliphatic carbocycles. The van der Waals surface area contributed by atoms with Crippen LogP contribution >= 0.6 is 0 Å². The summed E-state index contributed by atoms with van der Waals surface area (Å²) in [7, 11) is 0. The number of rotatable bonds is 4. The maximum absolute atomic E-state index is 8.85. The zero-order chi connectivity index (χ0) is 11.4. The van der Waals surface area contributed by atoms with E-state index in [4.69, 9.17) is 5.11 Å². The summed E-state index contributed by atoms with van der Waals surface area (Å²) in [5.74, 6) is 0.787. The van der Waals surface area contributed by atoms with Crippen LogP contribution in [0.2, 0.25) is 0 Å². The number of aliphatic hydroxyl groups excluding tert-OH is 1. The number of aromatic amines is 1. The summed E-state index contributed by atoms with van der Waals surface area (Å²) in [4.78, 5) is 15.1. The Kier molecular flexibility index (Phi) is 3.11. The maximum atomic E-state index is 8.85. The highest BCUT2D eigenvalue weighted by Crippen LogP contribution is 2.14. The molecule has 0 spiro atoms. The number of fused-ring (bicyclic) bond motifs is 1. The molecule has 0 aromatic carbocycles. The third kappa shape index (κ3) is 2.17. The van der Waals surface area contributed by atoms with Crippen molar-refractivity contribution < 1.29 is 5.11 Å². The Labute approximate surface area is 92.5 Å². The van der Waals surface area contributed by atoms with Gasteiger partial charge < -0.3 is 15.4 Å². The second kappa shape index (κ2) is 4.71. The highest BCUT2D eigenvalue weighted by molar-refractivity contribution is 5.82. The fourth-order valence-corrected chi connectivity index (χ4v) is 1.23. The van der Waals surface area contributed by atoms with Crippen LogP contribution in [-0.2, 0) is 0 Å². The number of aliphatic hydroxyl groups is 1. The van der Waals surface area contributed by atoms with E-state index in [2.05, 4.69) is 25.3 Å². The Morgan fingerprint density at radius 1 is 1.50 bits per heavy atom. The van der Waals surface area contributed by atoms with E-state index in [0.717, 1.165) is 5.52 Å². The third-order valence-corrected chi connectivity index (χ3v) is 2.16. The van der Waals surface area contributed by atoms with Crippen LogP contribution < -0.4 is 5.32 Å². The van der Waals surface area contributed by atoms with Crippen LogP contribution in [0.5, 0.6) is 0 Å². The molecule has 6 heteroatoms. The second-order valence-corrected chi connectivity index (χ2v) is 3.49. The van der Waals surface area contributed by atoms with Gasteiger partial charge in [-0.2, -0.15) is 0 Å². The Hall–Kier alpha value is -1.95. The quantitative estimate of drug-likeness (QED) is 0.711. The summed E-state index contributed by atoms with van der Waals surface area (Å²) in [5, 5.41) is 11.9. The second-order valence-electron chi connectivity index (χ2n) is 3.49. The van der Waals surface area contributed by atoms with E-state index < -0.39 is 0 Å². The van der Waals surface area contributed by atoms with E-state index in [1.807, 2.05) is 13.0 Å². The molecule has 2 rings (SSSR count). The van der Waals surface area contributed by atoms with Crippen molar-refractivity contribution in [1.29, 1.82) is 0 Å². The molecule has 84 valence electrons. The van der Waals surface area contributed by atoms with Crippen LogP contribution in [0, 0.1) is 5.92 Å². The zero-order valence-electron chi connectivity index (χ0n) is 8.88. The Morgan fingerprint density at radius 3 is 3.19 bits per heavy atom. The highest BCUT2D eigenvalue weighted by atomic mass is 16.3. The third-order valence-electron chi connectivity index (χ3n) is 2.16.